The van der Waals surface area contributed by atoms with Crippen molar-refractivity contribution in [3.8, 4) is 0 Å². The zero-order valence-corrected chi connectivity index (χ0v) is 13.4. The Hall–Kier alpha value is -2.08. The second-order valence-electron chi connectivity index (χ2n) is 4.76. The first-order valence-electron chi connectivity index (χ1n) is 6.31. The molecule has 0 saturated carbocycles. The molecule has 0 aliphatic rings. The average molecular weight is 350 g/mol. The zero-order valence-electron chi connectivity index (χ0n) is 11.8. The monoisotopic (exact) mass is 349 g/mol. The number of esters is 1. The highest BCUT2D eigenvalue weighted by Gasteiger charge is 2.11. The van der Waals surface area contributed by atoms with Gasteiger partial charge in [-0.15, -0.1) is 0 Å². The Kier molecular flexibility index (Phi) is 4.80. The number of anilines is 2. The first-order chi connectivity index (χ1) is 9.97. The first kappa shape index (κ1) is 15.3. The van der Waals surface area contributed by atoms with Crippen molar-refractivity contribution in [2.24, 2.45) is 0 Å². The minimum atomic E-state index is -0.410. The lowest BCUT2D eigenvalue weighted by molar-refractivity contribution is 0.0472. The normalized spacial score (nSPS) is 10.2. The maximum Gasteiger partial charge on any atom is 0.338 e. The van der Waals surface area contributed by atoms with Gasteiger partial charge < -0.3 is 15.4 Å². The van der Waals surface area contributed by atoms with Gasteiger partial charge in [0.25, 0.3) is 0 Å². The Labute approximate surface area is 131 Å². The van der Waals surface area contributed by atoms with E-state index in [1.54, 1.807) is 30.6 Å². The number of carbonyl (C=O) groups excluding carboxylic acids is 1. The van der Waals surface area contributed by atoms with E-state index < -0.39 is 5.97 Å². The summed E-state index contributed by atoms with van der Waals surface area (Å²) in [4.78, 5) is 17.9. The number of nitrogens with two attached hydrogens (primary N) is 1. The topological polar surface area (TPSA) is 68.5 Å². The molecule has 0 fully saturated rings. The van der Waals surface area contributed by atoms with Gasteiger partial charge in [-0.25, -0.2) is 4.79 Å². The van der Waals surface area contributed by atoms with E-state index in [2.05, 4.69) is 20.9 Å². The summed E-state index contributed by atoms with van der Waals surface area (Å²) in [7, 11) is 3.79. The molecular weight excluding hydrogens is 334 g/mol. The van der Waals surface area contributed by atoms with Gasteiger partial charge in [-0.3, -0.25) is 4.98 Å². The standard InChI is InChI=1S/C15H16BrN3O2/c1-19(2)14-4-3-11(6-13(14)17)15(20)21-9-10-5-12(16)8-18-7-10/h3-8H,9,17H2,1-2H3. The number of benzene rings is 1. The van der Waals surface area contributed by atoms with Crippen LogP contribution in [0.2, 0.25) is 0 Å². The smallest absolute Gasteiger partial charge is 0.338 e. The number of nitrogen functional groups attached to an aromatic ring is 1. The minimum Gasteiger partial charge on any atom is -0.457 e. The Morgan fingerprint density at radius 2 is 2.10 bits per heavy atom. The molecule has 1 aromatic carbocycles. The highest BCUT2D eigenvalue weighted by atomic mass is 79.9. The van der Waals surface area contributed by atoms with Crippen molar-refractivity contribution in [1.82, 2.24) is 4.98 Å². The summed E-state index contributed by atoms with van der Waals surface area (Å²) in [6, 6.07) is 6.97. The van der Waals surface area contributed by atoms with Crippen LogP contribution in [0.15, 0.2) is 41.1 Å². The van der Waals surface area contributed by atoms with Crippen LogP contribution in [0.4, 0.5) is 11.4 Å². The quantitative estimate of drug-likeness (QED) is 0.678. The number of rotatable bonds is 4. The highest BCUT2D eigenvalue weighted by molar-refractivity contribution is 9.10. The number of ether oxygens (including phenoxy) is 1. The van der Waals surface area contributed by atoms with Crippen molar-refractivity contribution in [2.45, 2.75) is 6.61 Å². The summed E-state index contributed by atoms with van der Waals surface area (Å²) in [5.41, 5.74) is 8.57. The number of hydrogen-bond donors (Lipinski definition) is 1. The Bertz CT molecular complexity index is 659. The number of carbonyl (C=O) groups is 1. The first-order valence-corrected chi connectivity index (χ1v) is 7.10. The summed E-state index contributed by atoms with van der Waals surface area (Å²) in [6.07, 6.45) is 3.33. The molecule has 21 heavy (non-hydrogen) atoms. The molecule has 0 radical (unpaired) electrons. The number of halogens is 1. The summed E-state index contributed by atoms with van der Waals surface area (Å²) in [6.45, 7) is 0.167. The van der Waals surface area contributed by atoms with Crippen LogP contribution in [0.3, 0.4) is 0 Å². The van der Waals surface area contributed by atoms with Gasteiger partial charge >= 0.3 is 5.97 Å². The third kappa shape index (κ3) is 3.95. The van der Waals surface area contributed by atoms with Crippen LogP contribution in [0, 0.1) is 0 Å². The van der Waals surface area contributed by atoms with E-state index in [1.165, 1.54) is 0 Å². The largest absolute Gasteiger partial charge is 0.457 e. The number of aromatic nitrogens is 1. The van der Waals surface area contributed by atoms with Gasteiger partial charge in [0.05, 0.1) is 16.9 Å². The van der Waals surface area contributed by atoms with E-state index in [9.17, 15) is 4.79 Å². The van der Waals surface area contributed by atoms with Gasteiger partial charge in [0.2, 0.25) is 0 Å². The minimum absolute atomic E-state index is 0.167. The Balaban J connectivity index is 2.05. The molecule has 2 rings (SSSR count). The molecule has 0 amide bonds. The zero-order chi connectivity index (χ0) is 15.4. The fourth-order valence-corrected chi connectivity index (χ4v) is 2.27. The van der Waals surface area contributed by atoms with Gasteiger partial charge in [-0.05, 0) is 40.2 Å². The lowest BCUT2D eigenvalue weighted by Crippen LogP contribution is -2.12. The molecular formula is C15H16BrN3O2. The van der Waals surface area contributed by atoms with Gasteiger partial charge in [-0.2, -0.15) is 0 Å². The lowest BCUT2D eigenvalue weighted by atomic mass is 10.1. The Morgan fingerprint density at radius 1 is 1.33 bits per heavy atom. The molecule has 0 spiro atoms. The van der Waals surface area contributed by atoms with Gasteiger partial charge in [0.15, 0.2) is 0 Å². The van der Waals surface area contributed by atoms with Crippen LogP contribution in [0.1, 0.15) is 15.9 Å². The maximum atomic E-state index is 12.0. The average Bonchev–Trinajstić information content (AvgIpc) is 2.44. The fourth-order valence-electron chi connectivity index (χ4n) is 1.86. The highest BCUT2D eigenvalue weighted by Crippen LogP contribution is 2.23. The number of pyridine rings is 1. The maximum absolute atomic E-state index is 12.0. The van der Waals surface area contributed by atoms with Crippen LogP contribution < -0.4 is 10.6 Å². The van der Waals surface area contributed by atoms with Gasteiger partial charge in [0.1, 0.15) is 6.61 Å². The van der Waals surface area contributed by atoms with Gasteiger partial charge in [-0.1, -0.05) is 0 Å². The molecule has 0 aliphatic carbocycles. The fraction of sp³-hybridized carbons (Fsp3) is 0.200. The van der Waals surface area contributed by atoms with Crippen molar-refractivity contribution in [3.63, 3.8) is 0 Å². The second kappa shape index (κ2) is 6.58. The Morgan fingerprint density at radius 3 is 2.71 bits per heavy atom. The van der Waals surface area contributed by atoms with E-state index in [1.807, 2.05) is 25.1 Å². The summed E-state index contributed by atoms with van der Waals surface area (Å²) >= 11 is 3.32. The molecule has 6 heteroatoms. The SMILES string of the molecule is CN(C)c1ccc(C(=O)OCc2cncc(Br)c2)cc1N. The van der Waals surface area contributed by atoms with E-state index in [-0.39, 0.29) is 6.61 Å². The predicted octanol–water partition coefficient (Wildman–Crippen LogP) is 2.85. The lowest BCUT2D eigenvalue weighted by Gasteiger charge is -2.15. The summed E-state index contributed by atoms with van der Waals surface area (Å²) < 4.78 is 6.10. The van der Waals surface area contributed by atoms with E-state index in [4.69, 9.17) is 10.5 Å². The molecule has 2 N–H and O–H groups in total. The third-order valence-electron chi connectivity index (χ3n) is 2.88. The number of nitrogens with zero attached hydrogens (tertiary/aromatic N) is 2. The van der Waals surface area contributed by atoms with E-state index in [0.717, 1.165) is 15.7 Å². The number of hydrogen-bond acceptors (Lipinski definition) is 5. The van der Waals surface area contributed by atoms with Crippen molar-refractivity contribution in [3.05, 3.63) is 52.3 Å². The van der Waals surface area contributed by atoms with Crippen LogP contribution in [0.5, 0.6) is 0 Å². The molecule has 110 valence electrons. The van der Waals surface area contributed by atoms with Crippen molar-refractivity contribution < 1.29 is 9.53 Å². The molecule has 0 unspecified atom stereocenters. The van der Waals surface area contributed by atoms with Crippen molar-refractivity contribution in [2.75, 3.05) is 24.7 Å². The van der Waals surface area contributed by atoms with Crippen LogP contribution in [-0.2, 0) is 11.3 Å². The third-order valence-corrected chi connectivity index (χ3v) is 3.31. The van der Waals surface area contributed by atoms with Crippen LogP contribution in [0.25, 0.3) is 0 Å². The van der Waals surface area contributed by atoms with Gasteiger partial charge in [0, 0.05) is 36.5 Å². The van der Waals surface area contributed by atoms with Crippen molar-refractivity contribution >= 4 is 33.3 Å². The predicted molar refractivity (Wildman–Crippen MR) is 86.2 cm³/mol. The van der Waals surface area contributed by atoms with Crippen LogP contribution in [-0.4, -0.2) is 25.0 Å². The molecule has 2 aromatic rings. The molecule has 5 nitrogen and oxygen atoms in total. The van der Waals surface area contributed by atoms with E-state index >= 15 is 0 Å². The summed E-state index contributed by atoms with van der Waals surface area (Å²) in [5, 5.41) is 0. The summed E-state index contributed by atoms with van der Waals surface area (Å²) in [5.74, 6) is -0.410. The van der Waals surface area contributed by atoms with Crippen LogP contribution >= 0.6 is 15.9 Å². The molecule has 1 aromatic heterocycles. The van der Waals surface area contributed by atoms with E-state index in [0.29, 0.717) is 11.3 Å². The molecule has 0 saturated heterocycles. The molecule has 1 heterocycles. The molecule has 0 bridgehead atoms. The van der Waals surface area contributed by atoms with Crippen molar-refractivity contribution in [1.29, 1.82) is 0 Å². The molecule has 0 aliphatic heterocycles. The molecule has 0 atom stereocenters. The second-order valence-corrected chi connectivity index (χ2v) is 5.67.